The molecule has 0 unspecified atom stereocenters. The molecular weight excluding hydrogens is 483 g/mol. The van der Waals surface area contributed by atoms with Crippen LogP contribution < -0.4 is 4.74 Å². The zero-order valence-corrected chi connectivity index (χ0v) is 19.7. The van der Waals surface area contributed by atoms with Crippen molar-refractivity contribution in [2.75, 3.05) is 19.7 Å². The van der Waals surface area contributed by atoms with Crippen LogP contribution in [-0.4, -0.2) is 71.2 Å². The van der Waals surface area contributed by atoms with Gasteiger partial charge in [0.05, 0.1) is 24.1 Å². The van der Waals surface area contributed by atoms with Crippen LogP contribution in [0.2, 0.25) is 0 Å². The van der Waals surface area contributed by atoms with Crippen LogP contribution in [0.5, 0.6) is 5.75 Å². The average Bonchev–Trinajstić information content (AvgIpc) is 3.50. The van der Waals surface area contributed by atoms with Crippen molar-refractivity contribution in [1.82, 2.24) is 34.5 Å². The summed E-state index contributed by atoms with van der Waals surface area (Å²) in [6, 6.07) is 6.15. The SMILES string of the molecule is Cc1c(-c2cc(OCC(=O)c3ccc(F)cn3)c3c(C#N)cnn3c2)nnn1C1CCN(C(=O)O)CC1. The third kappa shape index (κ3) is 4.56. The van der Waals surface area contributed by atoms with Gasteiger partial charge in [-0.2, -0.15) is 10.4 Å². The Balaban J connectivity index is 1.44. The predicted octanol–water partition coefficient (Wildman–Crippen LogP) is 2.88. The molecule has 0 radical (unpaired) electrons. The minimum Gasteiger partial charge on any atom is -0.483 e. The standard InChI is InChI=1S/C24H21FN8O4/c1-14-22(29-30-33(14)18-4-6-31(7-5-18)24(35)36)15-8-21(23-16(9-26)10-28-32(23)12-15)37-13-20(34)19-3-2-17(25)11-27-19/h2-3,8,10-12,18H,4-7,13H2,1H3,(H,35,36). The first-order valence-corrected chi connectivity index (χ1v) is 11.4. The Kier molecular flexibility index (Phi) is 6.22. The second-order valence-corrected chi connectivity index (χ2v) is 8.60. The van der Waals surface area contributed by atoms with Crippen molar-refractivity contribution in [3.63, 3.8) is 0 Å². The van der Waals surface area contributed by atoms with Crippen molar-refractivity contribution in [2.24, 2.45) is 0 Å². The Labute approximate surface area is 209 Å². The number of pyridine rings is 2. The van der Waals surface area contributed by atoms with Gasteiger partial charge in [0, 0.05) is 24.8 Å². The van der Waals surface area contributed by atoms with Gasteiger partial charge in [-0.15, -0.1) is 5.10 Å². The molecule has 4 aromatic heterocycles. The van der Waals surface area contributed by atoms with Crippen molar-refractivity contribution in [1.29, 1.82) is 5.26 Å². The van der Waals surface area contributed by atoms with Crippen molar-refractivity contribution in [3.05, 3.63) is 59.6 Å². The number of rotatable bonds is 6. The molecule has 1 saturated heterocycles. The van der Waals surface area contributed by atoms with Crippen molar-refractivity contribution < 1.29 is 23.8 Å². The van der Waals surface area contributed by atoms with Gasteiger partial charge in [0.1, 0.15) is 40.1 Å². The third-order valence-electron chi connectivity index (χ3n) is 6.35. The highest BCUT2D eigenvalue weighted by atomic mass is 19.1. The molecule has 5 heterocycles. The van der Waals surface area contributed by atoms with E-state index >= 15 is 0 Å². The Morgan fingerprint density at radius 3 is 2.73 bits per heavy atom. The number of hydrogen-bond acceptors (Lipinski definition) is 8. The number of nitrogens with zero attached hydrogens (tertiary/aromatic N) is 8. The number of fused-ring (bicyclic) bond motifs is 1. The van der Waals surface area contributed by atoms with E-state index in [4.69, 9.17) is 4.74 Å². The first kappa shape index (κ1) is 23.9. The number of carboxylic acid groups (broad SMARTS) is 1. The number of hydrogen-bond donors (Lipinski definition) is 1. The van der Waals surface area contributed by atoms with E-state index in [1.807, 2.05) is 6.92 Å². The highest BCUT2D eigenvalue weighted by Crippen LogP contribution is 2.32. The fourth-order valence-electron chi connectivity index (χ4n) is 4.42. The molecule has 1 aliphatic rings. The zero-order valence-electron chi connectivity index (χ0n) is 19.7. The molecule has 1 aliphatic heterocycles. The van der Waals surface area contributed by atoms with Gasteiger partial charge in [-0.05, 0) is 38.0 Å². The van der Waals surface area contributed by atoms with E-state index in [0.717, 1.165) is 18.0 Å². The largest absolute Gasteiger partial charge is 0.483 e. The molecule has 0 atom stereocenters. The van der Waals surface area contributed by atoms with E-state index in [1.165, 1.54) is 21.7 Å². The van der Waals surface area contributed by atoms with Gasteiger partial charge >= 0.3 is 6.09 Å². The third-order valence-corrected chi connectivity index (χ3v) is 6.35. The molecule has 0 aromatic carbocycles. The van der Waals surface area contributed by atoms with E-state index in [1.54, 1.807) is 16.9 Å². The summed E-state index contributed by atoms with van der Waals surface area (Å²) in [5.74, 6) is -0.775. The molecule has 1 fully saturated rings. The summed E-state index contributed by atoms with van der Waals surface area (Å²) in [6.45, 7) is 2.32. The van der Waals surface area contributed by atoms with Crippen LogP contribution in [0.3, 0.4) is 0 Å². The van der Waals surface area contributed by atoms with Gasteiger partial charge < -0.3 is 14.7 Å². The summed E-state index contributed by atoms with van der Waals surface area (Å²) < 4.78 is 22.2. The maximum absolute atomic E-state index is 13.1. The van der Waals surface area contributed by atoms with Crippen molar-refractivity contribution in [2.45, 2.75) is 25.8 Å². The molecule has 0 bridgehead atoms. The second kappa shape index (κ2) is 9.65. The normalized spacial score (nSPS) is 14.0. The summed E-state index contributed by atoms with van der Waals surface area (Å²) >= 11 is 0. The topological polar surface area (TPSA) is 152 Å². The molecule has 0 aliphatic carbocycles. The summed E-state index contributed by atoms with van der Waals surface area (Å²) in [4.78, 5) is 28.9. The van der Waals surface area contributed by atoms with Crippen molar-refractivity contribution >= 4 is 17.4 Å². The summed E-state index contributed by atoms with van der Waals surface area (Å²) in [7, 11) is 0. The van der Waals surface area contributed by atoms with E-state index < -0.39 is 17.7 Å². The average molecular weight is 504 g/mol. The quantitative estimate of drug-likeness (QED) is 0.391. The molecule has 4 aromatic rings. The maximum atomic E-state index is 13.1. The van der Waals surface area contributed by atoms with E-state index in [-0.39, 0.29) is 29.7 Å². The van der Waals surface area contributed by atoms with Crippen molar-refractivity contribution in [3.8, 4) is 23.1 Å². The number of aromatic nitrogens is 6. The maximum Gasteiger partial charge on any atom is 0.407 e. The highest BCUT2D eigenvalue weighted by Gasteiger charge is 2.27. The lowest BCUT2D eigenvalue weighted by molar-refractivity contribution is 0.0917. The number of amides is 1. The summed E-state index contributed by atoms with van der Waals surface area (Å²) in [6.07, 6.45) is 4.35. The second-order valence-electron chi connectivity index (χ2n) is 8.60. The van der Waals surface area contributed by atoms with Crippen LogP contribution in [-0.2, 0) is 0 Å². The number of carbonyl (C=O) groups is 2. The first-order valence-electron chi connectivity index (χ1n) is 11.4. The molecule has 5 rings (SSSR count). The molecular formula is C24H21FN8O4. The van der Waals surface area contributed by atoms with Crippen LogP contribution in [0.4, 0.5) is 9.18 Å². The molecule has 1 N–H and O–H groups in total. The molecule has 0 spiro atoms. The monoisotopic (exact) mass is 504 g/mol. The minimum atomic E-state index is -0.931. The number of piperidine rings is 1. The molecule has 0 saturated carbocycles. The van der Waals surface area contributed by atoms with Crippen LogP contribution in [0, 0.1) is 24.1 Å². The molecule has 12 nitrogen and oxygen atoms in total. The van der Waals surface area contributed by atoms with Gasteiger partial charge in [-0.1, -0.05) is 5.21 Å². The lowest BCUT2D eigenvalue weighted by Crippen LogP contribution is -2.38. The number of nitriles is 1. The lowest BCUT2D eigenvalue weighted by Gasteiger charge is -2.30. The zero-order chi connectivity index (χ0) is 26.1. The number of halogens is 1. The molecule has 13 heteroatoms. The molecule has 188 valence electrons. The van der Waals surface area contributed by atoms with Gasteiger partial charge in [-0.3, -0.25) is 4.79 Å². The fourth-order valence-corrected chi connectivity index (χ4v) is 4.42. The van der Waals surface area contributed by atoms with Gasteiger partial charge in [-0.25, -0.2) is 23.4 Å². The van der Waals surface area contributed by atoms with Gasteiger partial charge in [0.15, 0.2) is 6.61 Å². The minimum absolute atomic E-state index is 0.00651. The van der Waals surface area contributed by atoms with Crippen LogP contribution in [0.1, 0.15) is 40.6 Å². The number of ether oxygens (including phenoxy) is 1. The molecule has 37 heavy (non-hydrogen) atoms. The summed E-state index contributed by atoms with van der Waals surface area (Å²) in [5.41, 5.74) is 2.65. The van der Waals surface area contributed by atoms with Crippen LogP contribution >= 0.6 is 0 Å². The van der Waals surface area contributed by atoms with Gasteiger partial charge in [0.2, 0.25) is 5.78 Å². The smallest absolute Gasteiger partial charge is 0.407 e. The Morgan fingerprint density at radius 1 is 1.27 bits per heavy atom. The molecule has 1 amide bonds. The van der Waals surface area contributed by atoms with E-state index in [9.17, 15) is 24.3 Å². The van der Waals surface area contributed by atoms with Crippen LogP contribution in [0.15, 0.2) is 36.8 Å². The lowest BCUT2D eigenvalue weighted by atomic mass is 10.0. The summed E-state index contributed by atoms with van der Waals surface area (Å²) in [5, 5.41) is 31.6. The van der Waals surface area contributed by atoms with E-state index in [2.05, 4.69) is 26.5 Å². The highest BCUT2D eigenvalue weighted by molar-refractivity contribution is 5.95. The van der Waals surface area contributed by atoms with Crippen LogP contribution in [0.25, 0.3) is 16.8 Å². The Hall–Kier alpha value is -4.86. The van der Waals surface area contributed by atoms with E-state index in [0.29, 0.717) is 42.7 Å². The Bertz CT molecular complexity index is 1530. The number of ketones is 1. The number of Topliss-reactive ketones (excluding diaryl/α,β-unsaturated/α-hetero) is 1. The number of likely N-dealkylation sites (tertiary alicyclic amines) is 1. The number of carbonyl (C=O) groups excluding carboxylic acids is 1. The predicted molar refractivity (Wildman–Crippen MR) is 126 cm³/mol. The first-order chi connectivity index (χ1) is 17.9. The van der Waals surface area contributed by atoms with Gasteiger partial charge in [0.25, 0.3) is 0 Å². The Morgan fingerprint density at radius 2 is 2.05 bits per heavy atom. The fraction of sp³-hybridized carbons (Fsp3) is 0.292.